The molecule has 1 fully saturated rings. The number of hydrogen-bond acceptors (Lipinski definition) is 7. The summed E-state index contributed by atoms with van der Waals surface area (Å²) in [6, 6.07) is 15.9. The van der Waals surface area contributed by atoms with Crippen molar-refractivity contribution < 1.29 is 28.9 Å². The Kier molecular flexibility index (Phi) is 5.27. The second-order valence-corrected chi connectivity index (χ2v) is 8.65. The number of aliphatic carboxylic acids is 1. The van der Waals surface area contributed by atoms with E-state index >= 15 is 0 Å². The van der Waals surface area contributed by atoms with E-state index in [0.29, 0.717) is 12.8 Å². The minimum absolute atomic E-state index is 0.0748. The third-order valence-electron chi connectivity index (χ3n) is 6.48. The van der Waals surface area contributed by atoms with Crippen LogP contribution in [0.2, 0.25) is 0 Å². The number of carbonyl (C=O) groups excluding carboxylic acids is 2. The fourth-order valence-corrected chi connectivity index (χ4v) is 4.44. The summed E-state index contributed by atoms with van der Waals surface area (Å²) in [6.45, 7) is 1.52. The predicted molar refractivity (Wildman–Crippen MR) is 119 cm³/mol. The quantitative estimate of drug-likeness (QED) is 0.485. The van der Waals surface area contributed by atoms with Crippen LogP contribution in [-0.4, -0.2) is 45.5 Å². The first-order valence-corrected chi connectivity index (χ1v) is 10.9. The highest BCUT2D eigenvalue weighted by molar-refractivity contribution is 6.02. The number of amides is 2. The SMILES string of the molecule is CC(NC(=O)c1nonc1NC(=O)OCC1c2ccccc2-c2ccccc21)(C(=O)O)C1CC1. The average molecular weight is 462 g/mol. The molecule has 0 spiro atoms. The number of carbonyl (C=O) groups is 3. The van der Waals surface area contributed by atoms with E-state index in [0.717, 1.165) is 22.3 Å². The molecule has 1 unspecified atom stereocenters. The first kappa shape index (κ1) is 21.6. The van der Waals surface area contributed by atoms with Gasteiger partial charge in [-0.25, -0.2) is 14.2 Å². The Balaban J connectivity index is 1.26. The Hall–Kier alpha value is -4.21. The number of nitrogens with one attached hydrogen (secondary N) is 2. The second-order valence-electron chi connectivity index (χ2n) is 8.65. The van der Waals surface area contributed by atoms with Crippen LogP contribution in [0.5, 0.6) is 0 Å². The van der Waals surface area contributed by atoms with Crippen LogP contribution in [-0.2, 0) is 9.53 Å². The molecule has 2 aliphatic rings. The van der Waals surface area contributed by atoms with Gasteiger partial charge in [-0.05, 0) is 58.3 Å². The summed E-state index contributed by atoms with van der Waals surface area (Å²) in [4.78, 5) is 36.9. The molecule has 1 atom stereocenters. The number of benzene rings is 2. The van der Waals surface area contributed by atoms with E-state index in [-0.39, 0.29) is 30.0 Å². The van der Waals surface area contributed by atoms with Crippen LogP contribution >= 0.6 is 0 Å². The smallest absolute Gasteiger partial charge is 0.412 e. The molecule has 0 aliphatic heterocycles. The minimum atomic E-state index is -1.45. The van der Waals surface area contributed by atoms with E-state index in [4.69, 9.17) is 4.74 Å². The summed E-state index contributed by atoms with van der Waals surface area (Å²) >= 11 is 0. The third kappa shape index (κ3) is 3.76. The molecule has 10 heteroatoms. The molecule has 10 nitrogen and oxygen atoms in total. The number of carboxylic acids is 1. The van der Waals surface area contributed by atoms with Crippen LogP contribution in [0.1, 0.15) is 47.3 Å². The Morgan fingerprint density at radius 3 is 2.26 bits per heavy atom. The van der Waals surface area contributed by atoms with Gasteiger partial charge in [0.15, 0.2) is 0 Å². The highest BCUT2D eigenvalue weighted by Gasteiger charge is 2.49. The molecule has 0 radical (unpaired) electrons. The van der Waals surface area contributed by atoms with E-state index < -0.39 is 23.5 Å². The van der Waals surface area contributed by atoms with Gasteiger partial charge in [0.1, 0.15) is 12.1 Å². The molecule has 3 N–H and O–H groups in total. The lowest BCUT2D eigenvalue weighted by Crippen LogP contribution is -2.54. The highest BCUT2D eigenvalue weighted by Crippen LogP contribution is 2.44. The van der Waals surface area contributed by atoms with Crippen molar-refractivity contribution in [2.24, 2.45) is 5.92 Å². The van der Waals surface area contributed by atoms with Gasteiger partial charge in [0.05, 0.1) is 0 Å². The molecular formula is C24H22N4O6. The van der Waals surface area contributed by atoms with E-state index in [1.165, 1.54) is 6.92 Å². The van der Waals surface area contributed by atoms with Crippen molar-refractivity contribution in [1.82, 2.24) is 15.6 Å². The molecule has 2 aliphatic carbocycles. The van der Waals surface area contributed by atoms with Crippen LogP contribution in [0.25, 0.3) is 11.1 Å². The van der Waals surface area contributed by atoms with E-state index in [2.05, 4.69) is 25.6 Å². The predicted octanol–water partition coefficient (Wildman–Crippen LogP) is 3.41. The van der Waals surface area contributed by atoms with E-state index in [1.54, 1.807) is 0 Å². The molecule has 0 saturated heterocycles. The van der Waals surface area contributed by atoms with Crippen molar-refractivity contribution >= 4 is 23.8 Å². The average Bonchev–Trinajstić information content (AvgIpc) is 3.51. The molecule has 174 valence electrons. The molecule has 3 aromatic rings. The summed E-state index contributed by atoms with van der Waals surface area (Å²) in [5, 5.41) is 21.5. The van der Waals surface area contributed by atoms with Crippen LogP contribution in [0.3, 0.4) is 0 Å². The van der Waals surface area contributed by atoms with Crippen molar-refractivity contribution in [3.8, 4) is 11.1 Å². The maximum absolute atomic E-state index is 12.7. The van der Waals surface area contributed by atoms with Crippen molar-refractivity contribution in [2.45, 2.75) is 31.2 Å². The van der Waals surface area contributed by atoms with Gasteiger partial charge in [0, 0.05) is 5.92 Å². The largest absolute Gasteiger partial charge is 0.480 e. The molecule has 0 bridgehead atoms. The first-order chi connectivity index (χ1) is 16.4. The first-order valence-electron chi connectivity index (χ1n) is 10.9. The summed E-state index contributed by atoms with van der Waals surface area (Å²) in [6.07, 6.45) is 0.561. The number of aromatic nitrogens is 2. The maximum atomic E-state index is 12.7. The van der Waals surface area contributed by atoms with Gasteiger partial charge in [0.2, 0.25) is 11.5 Å². The monoisotopic (exact) mass is 462 g/mol. The highest BCUT2D eigenvalue weighted by atomic mass is 16.6. The van der Waals surface area contributed by atoms with Gasteiger partial charge < -0.3 is 15.2 Å². The second kappa shape index (κ2) is 8.29. The van der Waals surface area contributed by atoms with Crippen LogP contribution < -0.4 is 10.6 Å². The molecule has 1 aromatic heterocycles. The summed E-state index contributed by atoms with van der Waals surface area (Å²) in [5.74, 6) is -2.52. The number of nitrogens with zero attached hydrogens (tertiary/aromatic N) is 2. The lowest BCUT2D eigenvalue weighted by molar-refractivity contribution is -0.144. The van der Waals surface area contributed by atoms with Gasteiger partial charge in [-0.2, -0.15) is 0 Å². The third-order valence-corrected chi connectivity index (χ3v) is 6.48. The number of ether oxygens (including phenoxy) is 1. The van der Waals surface area contributed by atoms with Crippen LogP contribution in [0, 0.1) is 5.92 Å². The van der Waals surface area contributed by atoms with Crippen LogP contribution in [0.4, 0.5) is 10.6 Å². The molecule has 2 amide bonds. The Labute approximate surface area is 194 Å². The fourth-order valence-electron chi connectivity index (χ4n) is 4.44. The Morgan fingerprint density at radius 2 is 1.68 bits per heavy atom. The summed E-state index contributed by atoms with van der Waals surface area (Å²) in [5.41, 5.74) is 2.55. The topological polar surface area (TPSA) is 144 Å². The standard InChI is InChI=1S/C24H22N4O6/c1-24(22(30)31,13-10-11-13)26-21(29)19-20(28-34-27-19)25-23(32)33-12-18-16-8-4-2-6-14(16)15-7-3-5-9-17(15)18/h2-9,13,18H,10-12H2,1H3,(H,26,29)(H,30,31)(H,25,28,32). The van der Waals surface area contributed by atoms with Gasteiger partial charge >= 0.3 is 12.1 Å². The van der Waals surface area contributed by atoms with Crippen molar-refractivity contribution in [3.63, 3.8) is 0 Å². The number of carboxylic acid groups (broad SMARTS) is 1. The molecule has 1 saturated carbocycles. The molecular weight excluding hydrogens is 440 g/mol. The normalized spacial score (nSPS) is 16.1. The van der Waals surface area contributed by atoms with E-state index in [9.17, 15) is 19.5 Å². The number of fused-ring (bicyclic) bond motifs is 3. The Bertz CT molecular complexity index is 1240. The van der Waals surface area contributed by atoms with Gasteiger partial charge in [0.25, 0.3) is 5.91 Å². The maximum Gasteiger partial charge on any atom is 0.412 e. The lowest BCUT2D eigenvalue weighted by Gasteiger charge is -2.25. The van der Waals surface area contributed by atoms with Gasteiger partial charge in [-0.1, -0.05) is 48.5 Å². The minimum Gasteiger partial charge on any atom is -0.480 e. The summed E-state index contributed by atoms with van der Waals surface area (Å²) < 4.78 is 10.1. The summed E-state index contributed by atoms with van der Waals surface area (Å²) in [7, 11) is 0. The zero-order valence-electron chi connectivity index (χ0n) is 18.3. The molecule has 34 heavy (non-hydrogen) atoms. The lowest BCUT2D eigenvalue weighted by atomic mass is 9.96. The van der Waals surface area contributed by atoms with Crippen molar-refractivity contribution in [1.29, 1.82) is 0 Å². The number of hydrogen-bond donors (Lipinski definition) is 3. The molecule has 2 aromatic carbocycles. The zero-order chi connectivity index (χ0) is 23.9. The molecule has 5 rings (SSSR count). The Morgan fingerprint density at radius 1 is 1.06 bits per heavy atom. The van der Waals surface area contributed by atoms with Crippen molar-refractivity contribution in [3.05, 3.63) is 65.4 Å². The van der Waals surface area contributed by atoms with Gasteiger partial charge in [-0.15, -0.1) is 0 Å². The number of rotatable bonds is 7. The fraction of sp³-hybridized carbons (Fsp3) is 0.292. The zero-order valence-corrected chi connectivity index (χ0v) is 18.3. The van der Waals surface area contributed by atoms with Crippen LogP contribution in [0.15, 0.2) is 53.2 Å². The number of anilines is 1. The molecule has 1 heterocycles. The van der Waals surface area contributed by atoms with E-state index in [1.807, 2.05) is 48.5 Å². The van der Waals surface area contributed by atoms with Crippen molar-refractivity contribution in [2.75, 3.05) is 11.9 Å². The van der Waals surface area contributed by atoms with Gasteiger partial charge in [-0.3, -0.25) is 10.1 Å².